The van der Waals surface area contributed by atoms with Gasteiger partial charge in [0, 0.05) is 13.2 Å². The van der Waals surface area contributed by atoms with E-state index in [4.69, 9.17) is 0 Å². The molecule has 1 heterocycles. The summed E-state index contributed by atoms with van der Waals surface area (Å²) in [5, 5.41) is 3.11. The van der Waals surface area contributed by atoms with Crippen LogP contribution in [0.4, 0.5) is 0 Å². The van der Waals surface area contributed by atoms with Crippen molar-refractivity contribution in [2.75, 3.05) is 7.05 Å². The molecule has 2 aromatic rings. The first-order chi connectivity index (χ1) is 11.4. The third kappa shape index (κ3) is 2.85. The minimum absolute atomic E-state index is 0.0834. The minimum atomic E-state index is -3.57. The monoisotopic (exact) mass is 347 g/mol. The first-order valence-corrected chi connectivity index (χ1v) is 9.34. The standard InChI is InChI=1S/C17H21N3O3S/c1-18-24(22,23)14-11-15(20(2)12-14)16(21)19-17(9-6-10-17)13-7-4-3-5-8-13/h3-5,7-8,11-12,18H,6,9-10H2,1-2H3,(H,19,21). The van der Waals surface area contributed by atoms with E-state index in [2.05, 4.69) is 10.0 Å². The van der Waals surface area contributed by atoms with Gasteiger partial charge in [-0.3, -0.25) is 4.79 Å². The maximum absolute atomic E-state index is 12.7. The number of benzene rings is 1. The Bertz CT molecular complexity index is 852. The molecule has 128 valence electrons. The van der Waals surface area contributed by atoms with Gasteiger partial charge in [-0.05, 0) is 37.9 Å². The highest BCUT2D eigenvalue weighted by Gasteiger charge is 2.40. The number of nitrogens with one attached hydrogen (secondary N) is 2. The van der Waals surface area contributed by atoms with Crippen molar-refractivity contribution in [2.24, 2.45) is 7.05 Å². The number of amides is 1. The summed E-state index contributed by atoms with van der Waals surface area (Å²) in [6.45, 7) is 0. The van der Waals surface area contributed by atoms with E-state index in [1.807, 2.05) is 30.3 Å². The number of sulfonamides is 1. The molecule has 1 saturated carbocycles. The predicted octanol–water partition coefficient (Wildman–Crippen LogP) is 1.74. The van der Waals surface area contributed by atoms with Gasteiger partial charge < -0.3 is 9.88 Å². The normalized spacial score (nSPS) is 16.4. The van der Waals surface area contributed by atoms with Crippen LogP contribution < -0.4 is 10.0 Å². The van der Waals surface area contributed by atoms with Crippen LogP contribution in [-0.2, 0) is 22.6 Å². The number of hydrogen-bond donors (Lipinski definition) is 2. The fourth-order valence-corrected chi connectivity index (χ4v) is 3.88. The molecule has 1 aliphatic carbocycles. The van der Waals surface area contributed by atoms with Crippen LogP contribution in [0.2, 0.25) is 0 Å². The van der Waals surface area contributed by atoms with Crippen LogP contribution in [0.3, 0.4) is 0 Å². The van der Waals surface area contributed by atoms with Gasteiger partial charge in [-0.15, -0.1) is 0 Å². The van der Waals surface area contributed by atoms with E-state index in [1.54, 1.807) is 7.05 Å². The lowest BCUT2D eigenvalue weighted by Gasteiger charge is -2.43. The lowest BCUT2D eigenvalue weighted by molar-refractivity contribution is 0.0815. The first-order valence-electron chi connectivity index (χ1n) is 7.86. The van der Waals surface area contributed by atoms with Crippen LogP contribution in [0.15, 0.2) is 47.5 Å². The quantitative estimate of drug-likeness (QED) is 0.865. The van der Waals surface area contributed by atoms with Crippen LogP contribution in [0.1, 0.15) is 35.3 Å². The Morgan fingerprint density at radius 3 is 2.42 bits per heavy atom. The fourth-order valence-electron chi connectivity index (χ4n) is 3.08. The summed E-state index contributed by atoms with van der Waals surface area (Å²) in [4.78, 5) is 12.8. The summed E-state index contributed by atoms with van der Waals surface area (Å²) < 4.78 is 27.6. The molecule has 1 aliphatic rings. The SMILES string of the molecule is CNS(=O)(=O)c1cc(C(=O)NC2(c3ccccc3)CCC2)n(C)c1. The summed E-state index contributed by atoms with van der Waals surface area (Å²) in [7, 11) is -0.557. The Labute approximate surface area is 141 Å². The Hall–Kier alpha value is -2.12. The third-order valence-corrected chi connectivity index (χ3v) is 6.06. The van der Waals surface area contributed by atoms with Crippen molar-refractivity contribution in [3.8, 4) is 0 Å². The molecule has 1 amide bonds. The summed E-state index contributed by atoms with van der Waals surface area (Å²) in [5.74, 6) is -0.265. The van der Waals surface area contributed by atoms with Gasteiger partial charge in [0.1, 0.15) is 10.6 Å². The minimum Gasteiger partial charge on any atom is -0.345 e. The third-order valence-electron chi connectivity index (χ3n) is 4.68. The van der Waals surface area contributed by atoms with Gasteiger partial charge >= 0.3 is 0 Å². The Morgan fingerprint density at radius 1 is 1.21 bits per heavy atom. The van der Waals surface area contributed by atoms with E-state index in [9.17, 15) is 13.2 Å². The molecule has 0 saturated heterocycles. The van der Waals surface area contributed by atoms with Gasteiger partial charge in [0.05, 0.1) is 5.54 Å². The number of carbonyl (C=O) groups is 1. The summed E-state index contributed by atoms with van der Waals surface area (Å²) >= 11 is 0. The van der Waals surface area contributed by atoms with Gasteiger partial charge in [-0.25, -0.2) is 13.1 Å². The fraction of sp³-hybridized carbons (Fsp3) is 0.353. The van der Waals surface area contributed by atoms with Crippen molar-refractivity contribution < 1.29 is 13.2 Å². The van der Waals surface area contributed by atoms with Gasteiger partial charge in [-0.1, -0.05) is 30.3 Å². The number of nitrogens with zero attached hydrogens (tertiary/aromatic N) is 1. The van der Waals surface area contributed by atoms with Crippen LogP contribution in [-0.4, -0.2) is 25.9 Å². The van der Waals surface area contributed by atoms with Gasteiger partial charge in [0.2, 0.25) is 10.0 Å². The molecule has 24 heavy (non-hydrogen) atoms. The van der Waals surface area contributed by atoms with Gasteiger partial charge in [0.25, 0.3) is 5.91 Å². The molecule has 1 aromatic heterocycles. The van der Waals surface area contributed by atoms with Crippen molar-refractivity contribution in [3.05, 3.63) is 53.9 Å². The van der Waals surface area contributed by atoms with Crippen molar-refractivity contribution in [3.63, 3.8) is 0 Å². The molecule has 2 N–H and O–H groups in total. The number of hydrogen-bond acceptors (Lipinski definition) is 3. The Morgan fingerprint density at radius 2 is 1.88 bits per heavy atom. The van der Waals surface area contributed by atoms with Crippen LogP contribution in [0.25, 0.3) is 0 Å². The zero-order chi connectivity index (χ0) is 17.4. The van der Waals surface area contributed by atoms with Crippen molar-refractivity contribution in [2.45, 2.75) is 29.7 Å². The molecule has 0 unspecified atom stereocenters. The lowest BCUT2D eigenvalue weighted by Crippen LogP contribution is -2.51. The Balaban J connectivity index is 1.88. The van der Waals surface area contributed by atoms with Crippen molar-refractivity contribution in [1.29, 1.82) is 0 Å². The second-order valence-corrected chi connectivity index (χ2v) is 8.02. The maximum atomic E-state index is 12.7. The average Bonchev–Trinajstić information content (AvgIpc) is 2.94. The molecule has 6 nitrogen and oxygen atoms in total. The van der Waals surface area contributed by atoms with Crippen LogP contribution in [0, 0.1) is 0 Å². The highest BCUT2D eigenvalue weighted by Crippen LogP contribution is 2.41. The molecule has 1 aromatic carbocycles. The first kappa shape index (κ1) is 16.7. The van der Waals surface area contributed by atoms with E-state index in [0.29, 0.717) is 5.69 Å². The average molecular weight is 347 g/mol. The number of carbonyl (C=O) groups excluding carboxylic acids is 1. The number of rotatable bonds is 5. The van der Waals surface area contributed by atoms with E-state index in [1.165, 1.54) is 23.9 Å². The molecule has 0 atom stereocenters. The molecular formula is C17H21N3O3S. The maximum Gasteiger partial charge on any atom is 0.268 e. The zero-order valence-corrected chi connectivity index (χ0v) is 14.6. The smallest absolute Gasteiger partial charge is 0.268 e. The Kier molecular flexibility index (Phi) is 4.23. The molecule has 0 spiro atoms. The zero-order valence-electron chi connectivity index (χ0n) is 13.7. The second-order valence-electron chi connectivity index (χ2n) is 6.14. The van der Waals surface area contributed by atoms with Crippen molar-refractivity contribution in [1.82, 2.24) is 14.6 Å². The molecule has 1 fully saturated rings. The van der Waals surface area contributed by atoms with E-state index in [0.717, 1.165) is 24.8 Å². The molecule has 7 heteroatoms. The number of aromatic nitrogens is 1. The van der Waals surface area contributed by atoms with Gasteiger partial charge in [0.15, 0.2) is 0 Å². The topological polar surface area (TPSA) is 80.2 Å². The van der Waals surface area contributed by atoms with Crippen LogP contribution in [0.5, 0.6) is 0 Å². The van der Waals surface area contributed by atoms with E-state index in [-0.39, 0.29) is 16.3 Å². The second kappa shape index (κ2) is 6.07. The predicted molar refractivity (Wildman–Crippen MR) is 91.1 cm³/mol. The highest BCUT2D eigenvalue weighted by molar-refractivity contribution is 7.89. The van der Waals surface area contributed by atoms with Crippen LogP contribution >= 0.6 is 0 Å². The highest BCUT2D eigenvalue weighted by atomic mass is 32.2. The van der Waals surface area contributed by atoms with Crippen molar-refractivity contribution >= 4 is 15.9 Å². The molecular weight excluding hydrogens is 326 g/mol. The largest absolute Gasteiger partial charge is 0.345 e. The number of aryl methyl sites for hydroxylation is 1. The van der Waals surface area contributed by atoms with E-state index < -0.39 is 10.0 Å². The van der Waals surface area contributed by atoms with E-state index >= 15 is 0 Å². The van der Waals surface area contributed by atoms with Gasteiger partial charge in [-0.2, -0.15) is 0 Å². The summed E-state index contributed by atoms with van der Waals surface area (Å²) in [6.07, 6.45) is 4.27. The lowest BCUT2D eigenvalue weighted by atomic mass is 9.71. The molecule has 0 bridgehead atoms. The molecule has 0 aliphatic heterocycles. The summed E-state index contributed by atoms with van der Waals surface area (Å²) in [6, 6.07) is 11.3. The molecule has 0 radical (unpaired) electrons. The summed E-state index contributed by atoms with van der Waals surface area (Å²) in [5.41, 5.74) is 1.05. The molecule has 3 rings (SSSR count).